The molecule has 0 bridgehead atoms. The number of halogens is 1. The first kappa shape index (κ1) is 11.7. The summed E-state index contributed by atoms with van der Waals surface area (Å²) in [7, 11) is 0. The second-order valence-electron chi connectivity index (χ2n) is 4.43. The van der Waals surface area contributed by atoms with Gasteiger partial charge in [0.2, 0.25) is 0 Å². The van der Waals surface area contributed by atoms with Crippen LogP contribution in [0.3, 0.4) is 0 Å². The molecule has 0 aliphatic rings. The lowest BCUT2D eigenvalue weighted by atomic mass is 9.88. The van der Waals surface area contributed by atoms with Crippen molar-refractivity contribution in [1.29, 1.82) is 0 Å². The van der Waals surface area contributed by atoms with E-state index in [4.69, 9.17) is 5.73 Å². The number of benzene rings is 1. The van der Waals surface area contributed by atoms with Crippen LogP contribution in [0.4, 0.5) is 4.39 Å². The van der Waals surface area contributed by atoms with Gasteiger partial charge < -0.3 is 5.73 Å². The van der Waals surface area contributed by atoms with Crippen LogP contribution in [0.2, 0.25) is 0 Å². The minimum atomic E-state index is -0.709. The van der Waals surface area contributed by atoms with Crippen LogP contribution in [0.5, 0.6) is 0 Å². The van der Waals surface area contributed by atoms with Gasteiger partial charge in [-0.25, -0.2) is 4.39 Å². The Labute approximate surface area is 100 Å². The van der Waals surface area contributed by atoms with E-state index in [1.54, 1.807) is 6.07 Å². The quantitative estimate of drug-likeness (QED) is 0.861. The fourth-order valence-electron chi connectivity index (χ4n) is 1.80. The molecule has 0 amide bonds. The van der Waals surface area contributed by atoms with Crippen LogP contribution in [-0.2, 0) is 5.54 Å². The van der Waals surface area contributed by atoms with Crippen molar-refractivity contribution in [1.82, 2.24) is 4.98 Å². The summed E-state index contributed by atoms with van der Waals surface area (Å²) in [5, 5.41) is 0. The normalized spacial score (nSPS) is 14.4. The van der Waals surface area contributed by atoms with E-state index in [2.05, 4.69) is 4.98 Å². The number of pyridine rings is 1. The highest BCUT2D eigenvalue weighted by Gasteiger charge is 2.25. The van der Waals surface area contributed by atoms with E-state index < -0.39 is 5.54 Å². The lowest BCUT2D eigenvalue weighted by molar-refractivity contribution is 0.567. The molecule has 2 N–H and O–H groups in total. The van der Waals surface area contributed by atoms with E-state index in [0.717, 1.165) is 11.1 Å². The fourth-order valence-corrected chi connectivity index (χ4v) is 1.80. The smallest absolute Gasteiger partial charge is 0.141 e. The molecule has 2 rings (SSSR count). The van der Waals surface area contributed by atoms with Gasteiger partial charge in [-0.15, -0.1) is 0 Å². The van der Waals surface area contributed by atoms with Crippen LogP contribution >= 0.6 is 0 Å². The molecule has 0 fully saturated rings. The Morgan fingerprint density at radius 1 is 1.24 bits per heavy atom. The first-order valence-electron chi connectivity index (χ1n) is 5.48. The number of hydrogen-bond donors (Lipinski definition) is 1. The Kier molecular flexibility index (Phi) is 2.94. The number of rotatable bonds is 2. The highest BCUT2D eigenvalue weighted by molar-refractivity contribution is 5.35. The van der Waals surface area contributed by atoms with E-state index in [1.165, 1.54) is 12.3 Å². The molecule has 2 nitrogen and oxygen atoms in total. The van der Waals surface area contributed by atoms with Crippen LogP contribution in [0.15, 0.2) is 42.6 Å². The monoisotopic (exact) mass is 230 g/mol. The molecule has 0 aliphatic heterocycles. The Balaban J connectivity index is 2.45. The maximum atomic E-state index is 12.8. The molecule has 2 aromatic rings. The largest absolute Gasteiger partial charge is 0.317 e. The summed E-state index contributed by atoms with van der Waals surface area (Å²) in [4.78, 5) is 4.06. The number of aromatic nitrogens is 1. The molecule has 3 heteroatoms. The molecule has 0 saturated carbocycles. The van der Waals surface area contributed by atoms with Gasteiger partial charge >= 0.3 is 0 Å². The Morgan fingerprint density at radius 2 is 2.00 bits per heavy atom. The SMILES string of the molecule is Cc1cccc(C(C)(N)c2ccc(F)cn2)c1. The van der Waals surface area contributed by atoms with Crippen molar-refractivity contribution in [2.45, 2.75) is 19.4 Å². The van der Waals surface area contributed by atoms with Crippen molar-refractivity contribution in [2.75, 3.05) is 0 Å². The molecule has 0 radical (unpaired) electrons. The molecular formula is C14H15FN2. The van der Waals surface area contributed by atoms with E-state index in [0.29, 0.717) is 5.69 Å². The maximum absolute atomic E-state index is 12.8. The van der Waals surface area contributed by atoms with E-state index in [1.807, 2.05) is 38.1 Å². The highest BCUT2D eigenvalue weighted by atomic mass is 19.1. The first-order chi connectivity index (χ1) is 8.00. The van der Waals surface area contributed by atoms with Gasteiger partial charge in [0.05, 0.1) is 17.4 Å². The van der Waals surface area contributed by atoms with Gasteiger partial charge in [-0.05, 0) is 31.5 Å². The topological polar surface area (TPSA) is 38.9 Å². The van der Waals surface area contributed by atoms with E-state index >= 15 is 0 Å². The van der Waals surface area contributed by atoms with Gasteiger partial charge in [-0.1, -0.05) is 29.8 Å². The molecule has 0 aliphatic carbocycles. The minimum absolute atomic E-state index is 0.353. The summed E-state index contributed by atoms with van der Waals surface area (Å²) < 4.78 is 12.8. The highest BCUT2D eigenvalue weighted by Crippen LogP contribution is 2.25. The van der Waals surface area contributed by atoms with Gasteiger partial charge in [0.1, 0.15) is 5.82 Å². The van der Waals surface area contributed by atoms with Gasteiger partial charge in [0.15, 0.2) is 0 Å². The summed E-state index contributed by atoms with van der Waals surface area (Å²) in [6.45, 7) is 3.89. The average Bonchev–Trinajstić information content (AvgIpc) is 2.29. The molecule has 1 aromatic carbocycles. The molecule has 0 spiro atoms. The van der Waals surface area contributed by atoms with Gasteiger partial charge in [-0.3, -0.25) is 4.98 Å². The summed E-state index contributed by atoms with van der Waals surface area (Å²) >= 11 is 0. The Morgan fingerprint density at radius 3 is 2.59 bits per heavy atom. The standard InChI is InChI=1S/C14H15FN2/c1-10-4-3-5-11(8-10)14(2,16)13-7-6-12(15)9-17-13/h3-9H,16H2,1-2H3. The zero-order valence-electron chi connectivity index (χ0n) is 9.94. The van der Waals surface area contributed by atoms with Crippen molar-refractivity contribution in [3.05, 3.63) is 65.2 Å². The zero-order chi connectivity index (χ0) is 12.5. The van der Waals surface area contributed by atoms with E-state index in [9.17, 15) is 4.39 Å². The Hall–Kier alpha value is -1.74. The first-order valence-corrected chi connectivity index (χ1v) is 5.48. The van der Waals surface area contributed by atoms with Gasteiger partial charge in [0, 0.05) is 0 Å². The van der Waals surface area contributed by atoms with Crippen molar-refractivity contribution in [2.24, 2.45) is 5.73 Å². The van der Waals surface area contributed by atoms with Crippen LogP contribution in [0, 0.1) is 12.7 Å². The van der Waals surface area contributed by atoms with E-state index in [-0.39, 0.29) is 5.82 Å². The average molecular weight is 230 g/mol. The molecule has 1 aromatic heterocycles. The molecule has 1 heterocycles. The van der Waals surface area contributed by atoms with Crippen molar-refractivity contribution >= 4 is 0 Å². The third kappa shape index (κ3) is 2.34. The second kappa shape index (κ2) is 4.26. The Bertz CT molecular complexity index is 518. The van der Waals surface area contributed by atoms with Crippen molar-refractivity contribution < 1.29 is 4.39 Å². The number of nitrogens with zero attached hydrogens (tertiary/aromatic N) is 1. The third-order valence-corrected chi connectivity index (χ3v) is 2.88. The molecule has 0 saturated heterocycles. The van der Waals surface area contributed by atoms with Crippen LogP contribution in [-0.4, -0.2) is 4.98 Å². The number of hydrogen-bond acceptors (Lipinski definition) is 2. The summed E-state index contributed by atoms with van der Waals surface area (Å²) in [5.74, 6) is -0.353. The molecule has 1 unspecified atom stereocenters. The predicted molar refractivity (Wildman–Crippen MR) is 66.0 cm³/mol. The summed E-state index contributed by atoms with van der Waals surface area (Å²) in [5.41, 5.74) is 8.35. The van der Waals surface area contributed by atoms with Crippen molar-refractivity contribution in [3.8, 4) is 0 Å². The summed E-state index contributed by atoms with van der Waals surface area (Å²) in [6.07, 6.45) is 1.19. The molecule has 88 valence electrons. The maximum Gasteiger partial charge on any atom is 0.141 e. The van der Waals surface area contributed by atoms with Gasteiger partial charge in [0.25, 0.3) is 0 Å². The van der Waals surface area contributed by atoms with Crippen molar-refractivity contribution in [3.63, 3.8) is 0 Å². The molecular weight excluding hydrogens is 215 g/mol. The number of nitrogens with two attached hydrogens (primary N) is 1. The van der Waals surface area contributed by atoms with Crippen LogP contribution in [0.25, 0.3) is 0 Å². The third-order valence-electron chi connectivity index (χ3n) is 2.88. The lowest BCUT2D eigenvalue weighted by Gasteiger charge is -2.25. The van der Waals surface area contributed by atoms with Crippen LogP contribution in [0.1, 0.15) is 23.7 Å². The number of aryl methyl sites for hydroxylation is 1. The molecule has 1 atom stereocenters. The molecule has 17 heavy (non-hydrogen) atoms. The zero-order valence-corrected chi connectivity index (χ0v) is 9.94. The van der Waals surface area contributed by atoms with Gasteiger partial charge in [-0.2, -0.15) is 0 Å². The fraction of sp³-hybridized carbons (Fsp3) is 0.214. The predicted octanol–water partition coefficient (Wildman–Crippen LogP) is 2.75. The second-order valence-corrected chi connectivity index (χ2v) is 4.43. The van der Waals surface area contributed by atoms with Crippen LogP contribution < -0.4 is 5.73 Å². The lowest BCUT2D eigenvalue weighted by Crippen LogP contribution is -2.35. The summed E-state index contributed by atoms with van der Waals surface area (Å²) in [6, 6.07) is 10.9. The minimum Gasteiger partial charge on any atom is -0.317 e.